The summed E-state index contributed by atoms with van der Waals surface area (Å²) in [5.74, 6) is 1.52. The van der Waals surface area contributed by atoms with E-state index in [1.807, 2.05) is 13.1 Å². The second-order valence-corrected chi connectivity index (χ2v) is 4.95. The summed E-state index contributed by atoms with van der Waals surface area (Å²) >= 11 is 3.46. The Labute approximate surface area is 107 Å². The summed E-state index contributed by atoms with van der Waals surface area (Å²) in [5, 5.41) is 3.37. The molecule has 0 spiro atoms. The van der Waals surface area contributed by atoms with Gasteiger partial charge in [-0.25, -0.2) is 0 Å². The minimum Gasteiger partial charge on any atom is -0.496 e. The zero-order chi connectivity index (χ0) is 12.1. The first-order valence-corrected chi connectivity index (χ1v) is 6.44. The van der Waals surface area contributed by atoms with Gasteiger partial charge in [-0.05, 0) is 25.1 Å². The predicted molar refractivity (Wildman–Crippen MR) is 71.9 cm³/mol. The Hall–Kier alpha value is -0.540. The summed E-state index contributed by atoms with van der Waals surface area (Å²) in [6, 6.07) is 6.54. The number of nitrogens with one attached hydrogen (secondary N) is 1. The molecule has 1 aromatic carbocycles. The molecule has 0 aliphatic rings. The normalized spacial score (nSPS) is 14.6. The van der Waals surface area contributed by atoms with E-state index in [1.54, 1.807) is 7.11 Å². The van der Waals surface area contributed by atoms with E-state index >= 15 is 0 Å². The van der Waals surface area contributed by atoms with Crippen molar-refractivity contribution in [3.8, 4) is 5.75 Å². The maximum absolute atomic E-state index is 5.43. The fourth-order valence-electron chi connectivity index (χ4n) is 1.92. The fourth-order valence-corrected chi connectivity index (χ4v) is 2.26. The standard InChI is InChI=1S/C13H20BrNO/c1-5-9(2)13(15-3)11-7-6-10(14)8-12(11)16-4/h6-9,13,15H,5H2,1-4H3. The van der Waals surface area contributed by atoms with Crippen LogP contribution < -0.4 is 10.1 Å². The maximum Gasteiger partial charge on any atom is 0.124 e. The molecular weight excluding hydrogens is 266 g/mol. The molecule has 0 radical (unpaired) electrons. The number of methoxy groups -OCH3 is 1. The Kier molecular flexibility index (Phi) is 5.29. The summed E-state index contributed by atoms with van der Waals surface area (Å²) in [6.45, 7) is 4.46. The van der Waals surface area contributed by atoms with Crippen molar-refractivity contribution < 1.29 is 4.74 Å². The summed E-state index contributed by atoms with van der Waals surface area (Å²) in [6.07, 6.45) is 1.14. The Morgan fingerprint density at radius 1 is 1.44 bits per heavy atom. The molecule has 2 nitrogen and oxygen atoms in total. The van der Waals surface area contributed by atoms with Gasteiger partial charge in [0.2, 0.25) is 0 Å². The van der Waals surface area contributed by atoms with Crippen LogP contribution in [0.1, 0.15) is 31.9 Å². The van der Waals surface area contributed by atoms with E-state index in [4.69, 9.17) is 4.74 Å². The van der Waals surface area contributed by atoms with Crippen molar-refractivity contribution in [1.29, 1.82) is 0 Å². The Morgan fingerprint density at radius 2 is 2.12 bits per heavy atom. The monoisotopic (exact) mass is 285 g/mol. The van der Waals surface area contributed by atoms with E-state index in [-0.39, 0.29) is 0 Å². The van der Waals surface area contributed by atoms with E-state index in [2.05, 4.69) is 47.2 Å². The van der Waals surface area contributed by atoms with E-state index in [9.17, 15) is 0 Å². The van der Waals surface area contributed by atoms with Gasteiger partial charge in [0.05, 0.1) is 7.11 Å². The maximum atomic E-state index is 5.43. The Bertz CT molecular complexity index is 341. The van der Waals surface area contributed by atoms with Crippen molar-refractivity contribution >= 4 is 15.9 Å². The third kappa shape index (κ3) is 2.98. The average molecular weight is 286 g/mol. The zero-order valence-corrected chi connectivity index (χ0v) is 12.0. The largest absolute Gasteiger partial charge is 0.496 e. The van der Waals surface area contributed by atoms with Gasteiger partial charge in [-0.1, -0.05) is 42.3 Å². The number of hydrogen-bond donors (Lipinski definition) is 1. The van der Waals surface area contributed by atoms with Crippen LogP contribution >= 0.6 is 15.9 Å². The van der Waals surface area contributed by atoms with Gasteiger partial charge >= 0.3 is 0 Å². The molecule has 16 heavy (non-hydrogen) atoms. The van der Waals surface area contributed by atoms with Gasteiger partial charge in [0.1, 0.15) is 5.75 Å². The third-order valence-electron chi connectivity index (χ3n) is 3.05. The summed E-state index contributed by atoms with van der Waals surface area (Å²) in [5.41, 5.74) is 1.22. The topological polar surface area (TPSA) is 21.3 Å². The van der Waals surface area contributed by atoms with Crippen LogP contribution in [0.15, 0.2) is 22.7 Å². The first kappa shape index (κ1) is 13.5. The van der Waals surface area contributed by atoms with E-state index in [1.165, 1.54) is 5.56 Å². The molecule has 0 saturated heterocycles. The summed E-state index contributed by atoms with van der Waals surface area (Å²) < 4.78 is 6.48. The van der Waals surface area contributed by atoms with Gasteiger partial charge in [-0.3, -0.25) is 0 Å². The molecule has 0 bridgehead atoms. The second-order valence-electron chi connectivity index (χ2n) is 4.04. The van der Waals surface area contributed by atoms with Gasteiger partial charge in [-0.15, -0.1) is 0 Å². The fraction of sp³-hybridized carbons (Fsp3) is 0.538. The number of hydrogen-bond acceptors (Lipinski definition) is 2. The molecular formula is C13H20BrNO. The van der Waals surface area contributed by atoms with Crippen LogP contribution in [0.25, 0.3) is 0 Å². The highest BCUT2D eigenvalue weighted by Crippen LogP contribution is 2.33. The molecule has 0 amide bonds. The third-order valence-corrected chi connectivity index (χ3v) is 3.55. The lowest BCUT2D eigenvalue weighted by Gasteiger charge is -2.24. The van der Waals surface area contributed by atoms with Crippen molar-refractivity contribution in [2.24, 2.45) is 5.92 Å². The smallest absolute Gasteiger partial charge is 0.124 e. The number of halogens is 1. The highest BCUT2D eigenvalue weighted by Gasteiger charge is 2.19. The zero-order valence-electron chi connectivity index (χ0n) is 10.4. The van der Waals surface area contributed by atoms with Crippen molar-refractivity contribution in [2.75, 3.05) is 14.2 Å². The van der Waals surface area contributed by atoms with Crippen LogP contribution in [0.3, 0.4) is 0 Å². The van der Waals surface area contributed by atoms with Crippen LogP contribution in [-0.2, 0) is 0 Å². The number of benzene rings is 1. The highest BCUT2D eigenvalue weighted by atomic mass is 79.9. The molecule has 0 aromatic heterocycles. The molecule has 90 valence electrons. The molecule has 1 aromatic rings. The minimum absolute atomic E-state index is 0.341. The quantitative estimate of drug-likeness (QED) is 0.889. The molecule has 0 saturated carbocycles. The Morgan fingerprint density at radius 3 is 2.62 bits per heavy atom. The van der Waals surface area contributed by atoms with E-state index in [0.717, 1.165) is 16.6 Å². The molecule has 0 aliphatic heterocycles. The minimum atomic E-state index is 0.341. The number of rotatable bonds is 5. The molecule has 2 atom stereocenters. The van der Waals surface area contributed by atoms with Crippen molar-refractivity contribution in [3.63, 3.8) is 0 Å². The predicted octanol–water partition coefficient (Wildman–Crippen LogP) is 3.76. The molecule has 0 aliphatic carbocycles. The molecule has 1 rings (SSSR count). The van der Waals surface area contributed by atoms with Gasteiger partial charge in [0, 0.05) is 16.1 Å². The number of ether oxygens (including phenoxy) is 1. The van der Waals surface area contributed by atoms with Crippen LogP contribution in [0.5, 0.6) is 5.75 Å². The first-order valence-electron chi connectivity index (χ1n) is 5.64. The lowest BCUT2D eigenvalue weighted by Crippen LogP contribution is -2.23. The average Bonchev–Trinajstić information content (AvgIpc) is 2.31. The summed E-state index contributed by atoms with van der Waals surface area (Å²) in [7, 11) is 3.72. The first-order chi connectivity index (χ1) is 7.63. The molecule has 0 heterocycles. The molecule has 1 N–H and O–H groups in total. The lowest BCUT2D eigenvalue weighted by atomic mass is 9.92. The summed E-state index contributed by atoms with van der Waals surface area (Å²) in [4.78, 5) is 0. The lowest BCUT2D eigenvalue weighted by molar-refractivity contribution is 0.365. The van der Waals surface area contributed by atoms with Crippen LogP contribution in [0.2, 0.25) is 0 Å². The Balaban J connectivity index is 3.08. The van der Waals surface area contributed by atoms with E-state index < -0.39 is 0 Å². The van der Waals surface area contributed by atoms with Gasteiger partial charge in [0.25, 0.3) is 0 Å². The second kappa shape index (κ2) is 6.26. The van der Waals surface area contributed by atoms with Crippen molar-refractivity contribution in [1.82, 2.24) is 5.32 Å². The van der Waals surface area contributed by atoms with Crippen LogP contribution in [-0.4, -0.2) is 14.2 Å². The van der Waals surface area contributed by atoms with Gasteiger partial charge in [0.15, 0.2) is 0 Å². The van der Waals surface area contributed by atoms with Gasteiger partial charge < -0.3 is 10.1 Å². The SMILES string of the molecule is CCC(C)C(NC)c1ccc(Br)cc1OC. The molecule has 0 fully saturated rings. The van der Waals surface area contributed by atoms with E-state index in [0.29, 0.717) is 12.0 Å². The van der Waals surface area contributed by atoms with Crippen LogP contribution in [0, 0.1) is 5.92 Å². The molecule has 3 heteroatoms. The van der Waals surface area contributed by atoms with Crippen LogP contribution in [0.4, 0.5) is 0 Å². The molecule has 2 unspecified atom stereocenters. The van der Waals surface area contributed by atoms with Crippen molar-refractivity contribution in [3.05, 3.63) is 28.2 Å². The highest BCUT2D eigenvalue weighted by molar-refractivity contribution is 9.10. The van der Waals surface area contributed by atoms with Gasteiger partial charge in [-0.2, -0.15) is 0 Å². The van der Waals surface area contributed by atoms with Crippen molar-refractivity contribution in [2.45, 2.75) is 26.3 Å².